The van der Waals surface area contributed by atoms with Crippen molar-refractivity contribution in [3.8, 4) is 0 Å². The third-order valence-electron chi connectivity index (χ3n) is 1.27. The summed E-state index contributed by atoms with van der Waals surface area (Å²) in [6, 6.07) is 0. The summed E-state index contributed by atoms with van der Waals surface area (Å²) in [5.41, 5.74) is -2.85. The first-order chi connectivity index (χ1) is 5.78. The molecule has 0 saturated heterocycles. The van der Waals surface area contributed by atoms with Crippen LogP contribution < -0.4 is 17.4 Å². The van der Waals surface area contributed by atoms with Crippen molar-refractivity contribution >= 4 is 17.9 Å². The predicted octanol–water partition coefficient (Wildman–Crippen LogP) is -2.26. The minimum absolute atomic E-state index is 0. The summed E-state index contributed by atoms with van der Waals surface area (Å²) in [6.45, 7) is 0. The van der Waals surface area contributed by atoms with Crippen LogP contribution in [0.5, 0.6) is 0 Å². The minimum Gasteiger partial charge on any atom is -0.547 e. The maximum Gasteiger partial charge on any atom is 0.306 e. The van der Waals surface area contributed by atoms with E-state index < -0.39 is 36.4 Å². The average molecular weight is 291 g/mol. The van der Waals surface area contributed by atoms with Crippen LogP contribution in [0.15, 0.2) is 0 Å². The number of hydrogen-bond acceptors (Lipinski definition) is 7. The van der Waals surface area contributed by atoms with Gasteiger partial charge >= 0.3 is 11.9 Å². The topological polar surface area (TPSA) is 205 Å². The van der Waals surface area contributed by atoms with Crippen molar-refractivity contribution in [2.75, 3.05) is 0 Å². The van der Waals surface area contributed by atoms with E-state index in [4.69, 9.17) is 15.3 Å². The van der Waals surface area contributed by atoms with Crippen molar-refractivity contribution in [1.82, 2.24) is 12.3 Å². The van der Waals surface area contributed by atoms with E-state index in [0.29, 0.717) is 0 Å². The Morgan fingerprint density at radius 2 is 1.25 bits per heavy atom. The van der Waals surface area contributed by atoms with Gasteiger partial charge < -0.3 is 37.5 Å². The van der Waals surface area contributed by atoms with Gasteiger partial charge in [0.25, 0.3) is 0 Å². The number of carboxylic acid groups (broad SMARTS) is 3. The molecule has 16 heavy (non-hydrogen) atoms. The maximum absolute atomic E-state index is 10.2. The van der Waals surface area contributed by atoms with E-state index in [1.54, 1.807) is 0 Å². The predicted molar refractivity (Wildman–Crippen MR) is 44.5 cm³/mol. The number of carboxylic acids is 3. The summed E-state index contributed by atoms with van der Waals surface area (Å²) in [5, 5.41) is 35.5. The summed E-state index contributed by atoms with van der Waals surface area (Å²) in [4.78, 5) is 30.3. The van der Waals surface area contributed by atoms with Gasteiger partial charge in [0.05, 0.1) is 18.8 Å². The Kier molecular flexibility index (Phi) is 13.9. The van der Waals surface area contributed by atoms with Crippen molar-refractivity contribution in [1.29, 1.82) is 0 Å². The number of aliphatic hydroxyl groups is 1. The molecule has 0 heterocycles. The van der Waals surface area contributed by atoms with Gasteiger partial charge in [0.1, 0.15) is 5.60 Å². The van der Waals surface area contributed by atoms with E-state index in [-0.39, 0.29) is 31.8 Å². The first kappa shape index (κ1) is 24.2. The zero-order valence-corrected chi connectivity index (χ0v) is 11.5. The largest absolute Gasteiger partial charge is 0.547 e. The Bertz CT molecular complexity index is 241. The zero-order valence-electron chi connectivity index (χ0n) is 8.51. The Hall–Kier alpha value is -1.09. The van der Waals surface area contributed by atoms with Crippen LogP contribution in [0.25, 0.3) is 0 Å². The molecule has 92 valence electrons. The number of carbonyl (C=O) groups excluding carboxylic acids is 1. The third-order valence-corrected chi connectivity index (χ3v) is 1.27. The molecule has 0 radical (unpaired) electrons. The van der Waals surface area contributed by atoms with E-state index in [1.807, 2.05) is 0 Å². The van der Waals surface area contributed by atoms with Crippen molar-refractivity contribution in [2.24, 2.45) is 0 Å². The number of aliphatic carboxylic acids is 3. The van der Waals surface area contributed by atoms with Gasteiger partial charge in [-0.3, -0.25) is 9.59 Å². The molecule has 0 aliphatic rings. The standard InChI is InChI=1S/C6H8O7.2H3N.Zn/c7-3(8)1-6(13,5(11)12)2-4(9)10;;;/h13H,1-2H2,(H,7,8)(H,9,10)(H,11,12);2*1H3;/p-1. The van der Waals surface area contributed by atoms with E-state index in [2.05, 4.69) is 0 Å². The molecule has 10 heteroatoms. The molecule has 0 spiro atoms. The van der Waals surface area contributed by atoms with E-state index in [0.717, 1.165) is 0 Å². The first-order valence-electron chi connectivity index (χ1n) is 3.15. The molecule has 9 N–H and O–H groups in total. The molecule has 9 nitrogen and oxygen atoms in total. The second kappa shape index (κ2) is 9.16. The molecule has 0 amide bonds. The molecule has 0 atom stereocenters. The number of carbonyl (C=O) groups is 3. The molecular weight excluding hydrogens is 277 g/mol. The Morgan fingerprint density at radius 1 is 1.00 bits per heavy atom. The van der Waals surface area contributed by atoms with Crippen LogP contribution in [-0.4, -0.2) is 38.8 Å². The average Bonchev–Trinajstić information content (AvgIpc) is 1.82. The van der Waals surface area contributed by atoms with Crippen LogP contribution in [0.1, 0.15) is 12.8 Å². The second-order valence-electron chi connectivity index (χ2n) is 2.46. The fourth-order valence-corrected chi connectivity index (χ4v) is 0.707. The molecule has 0 saturated carbocycles. The van der Waals surface area contributed by atoms with Gasteiger partial charge in [0.15, 0.2) is 0 Å². The van der Waals surface area contributed by atoms with Crippen LogP contribution in [0.3, 0.4) is 0 Å². The summed E-state index contributed by atoms with van der Waals surface area (Å²) >= 11 is 0. The van der Waals surface area contributed by atoms with Crippen LogP contribution in [0.2, 0.25) is 0 Å². The Balaban J connectivity index is -0.000000240. The van der Waals surface area contributed by atoms with Crippen LogP contribution in [0.4, 0.5) is 0 Å². The molecule has 0 aromatic heterocycles. The molecule has 0 bridgehead atoms. The van der Waals surface area contributed by atoms with E-state index >= 15 is 0 Å². The van der Waals surface area contributed by atoms with Gasteiger partial charge in [0.2, 0.25) is 0 Å². The molecule has 0 aromatic carbocycles. The smallest absolute Gasteiger partial charge is 0.306 e. The van der Waals surface area contributed by atoms with Crippen molar-refractivity contribution in [3.63, 3.8) is 0 Å². The fraction of sp³-hybridized carbons (Fsp3) is 0.500. The normalized spacial score (nSPS) is 8.81. The summed E-state index contributed by atoms with van der Waals surface area (Å²) in [5.74, 6) is -5.35. The molecule has 0 aromatic rings. The van der Waals surface area contributed by atoms with Gasteiger partial charge in [-0.2, -0.15) is 0 Å². The third kappa shape index (κ3) is 8.24. The molecule has 0 aliphatic carbocycles. The zero-order chi connectivity index (χ0) is 10.6. The van der Waals surface area contributed by atoms with Crippen molar-refractivity contribution in [2.45, 2.75) is 18.4 Å². The Morgan fingerprint density at radius 3 is 1.38 bits per heavy atom. The second-order valence-corrected chi connectivity index (χ2v) is 2.46. The Labute approximate surface area is 103 Å². The van der Waals surface area contributed by atoms with Gasteiger partial charge in [-0.15, -0.1) is 0 Å². The van der Waals surface area contributed by atoms with Crippen molar-refractivity contribution < 1.29 is 54.3 Å². The summed E-state index contributed by atoms with van der Waals surface area (Å²) in [6.07, 6.45) is -2.41. The van der Waals surface area contributed by atoms with Crippen LogP contribution >= 0.6 is 0 Å². The monoisotopic (exact) mass is 289 g/mol. The van der Waals surface area contributed by atoms with Crippen LogP contribution in [-0.2, 0) is 33.9 Å². The van der Waals surface area contributed by atoms with E-state index in [1.165, 1.54) is 0 Å². The van der Waals surface area contributed by atoms with Crippen LogP contribution in [0, 0.1) is 0 Å². The SMILES string of the molecule is N.N.O=C(O)CC(O)(CC(=O)O)C(=O)[O-].[Zn]. The molecule has 0 aliphatic heterocycles. The summed E-state index contributed by atoms with van der Waals surface area (Å²) in [7, 11) is 0. The van der Waals surface area contributed by atoms with E-state index in [9.17, 15) is 19.5 Å². The minimum atomic E-state index is -2.85. The maximum atomic E-state index is 10.2. The quantitative estimate of drug-likeness (QED) is 0.346. The fourth-order valence-electron chi connectivity index (χ4n) is 0.707. The van der Waals surface area contributed by atoms with Gasteiger partial charge in [-0.25, -0.2) is 0 Å². The summed E-state index contributed by atoms with van der Waals surface area (Å²) < 4.78 is 0. The molecule has 0 fully saturated rings. The van der Waals surface area contributed by atoms with Crippen molar-refractivity contribution in [3.05, 3.63) is 0 Å². The molecular formula is C6H13N2O7Zn-. The first-order valence-corrected chi connectivity index (χ1v) is 3.15. The number of hydrogen-bond donors (Lipinski definition) is 5. The molecule has 0 unspecified atom stereocenters. The van der Waals surface area contributed by atoms with Gasteiger partial charge in [-0.05, 0) is 0 Å². The van der Waals surface area contributed by atoms with Gasteiger partial charge in [-0.1, -0.05) is 0 Å². The molecule has 0 rings (SSSR count). The number of rotatable bonds is 5. The van der Waals surface area contributed by atoms with Gasteiger partial charge in [0, 0.05) is 19.5 Å².